The highest BCUT2D eigenvalue weighted by Gasteiger charge is 2.39. The number of urea groups is 2. The molecule has 6 aromatic rings. The van der Waals surface area contributed by atoms with Gasteiger partial charge in [0.05, 0.1) is 35.9 Å². The molecule has 4 aliphatic rings. The van der Waals surface area contributed by atoms with Crippen molar-refractivity contribution in [2.45, 2.75) is 88.4 Å². The maximum absolute atomic E-state index is 14.3. The van der Waals surface area contributed by atoms with Crippen LogP contribution in [0.5, 0.6) is 0 Å². The summed E-state index contributed by atoms with van der Waals surface area (Å²) in [6, 6.07) is 32.6. The van der Waals surface area contributed by atoms with Crippen molar-refractivity contribution in [2.24, 2.45) is 0 Å². The minimum absolute atomic E-state index is 0.129. The summed E-state index contributed by atoms with van der Waals surface area (Å²) in [6.07, 6.45) is 13.0. The van der Waals surface area contributed by atoms with Gasteiger partial charge in [-0.25, -0.2) is 19.6 Å². The lowest BCUT2D eigenvalue weighted by atomic mass is 10.0. The first-order valence-electron chi connectivity index (χ1n) is 25.0. The van der Waals surface area contributed by atoms with Crippen LogP contribution in [0, 0.1) is 11.8 Å². The van der Waals surface area contributed by atoms with E-state index in [2.05, 4.69) is 32.4 Å². The molecule has 4 atom stereocenters. The molecule has 4 N–H and O–H groups in total. The summed E-state index contributed by atoms with van der Waals surface area (Å²) in [4.78, 5) is 79.2. The molecule has 10 rings (SSSR count). The number of amides is 6. The topological polar surface area (TPSA) is 163 Å². The van der Waals surface area contributed by atoms with Gasteiger partial charge < -0.3 is 40.2 Å². The molecule has 0 radical (unpaired) electrons. The van der Waals surface area contributed by atoms with Crippen molar-refractivity contribution in [3.63, 3.8) is 0 Å². The van der Waals surface area contributed by atoms with E-state index in [9.17, 15) is 19.2 Å². The predicted octanol–water partition coefficient (Wildman–Crippen LogP) is 9.07. The molecule has 4 aliphatic heterocycles. The third-order valence-electron chi connectivity index (χ3n) is 14.2. The van der Waals surface area contributed by atoms with Crippen LogP contribution >= 0.6 is 0 Å². The van der Waals surface area contributed by atoms with E-state index >= 15 is 0 Å². The van der Waals surface area contributed by atoms with Crippen LogP contribution < -0.4 is 10.6 Å². The molecule has 14 heteroatoms. The Morgan fingerprint density at radius 2 is 0.871 bits per heavy atom. The summed E-state index contributed by atoms with van der Waals surface area (Å²) in [5, 5.41) is 6.16. The van der Waals surface area contributed by atoms with Crippen molar-refractivity contribution in [3.8, 4) is 34.4 Å². The van der Waals surface area contributed by atoms with Crippen LogP contribution in [-0.4, -0.2) is 103 Å². The molecule has 6 amide bonds. The van der Waals surface area contributed by atoms with Crippen LogP contribution in [0.1, 0.15) is 122 Å². The Bertz CT molecular complexity index is 2630. The van der Waals surface area contributed by atoms with Crippen LogP contribution in [0.25, 0.3) is 22.5 Å². The highest BCUT2D eigenvalue weighted by molar-refractivity contribution is 5.89. The van der Waals surface area contributed by atoms with Gasteiger partial charge in [-0.2, -0.15) is 0 Å². The molecule has 358 valence electrons. The van der Waals surface area contributed by atoms with Gasteiger partial charge in [-0.1, -0.05) is 96.8 Å². The first kappa shape index (κ1) is 46.1. The van der Waals surface area contributed by atoms with Crippen LogP contribution in [0.2, 0.25) is 0 Å². The highest BCUT2D eigenvalue weighted by Crippen LogP contribution is 2.36. The maximum atomic E-state index is 14.3. The molecule has 4 fully saturated rings. The number of nitrogens with one attached hydrogen (secondary N) is 4. The van der Waals surface area contributed by atoms with Crippen LogP contribution in [-0.2, 0) is 9.59 Å². The molecule has 2 aromatic heterocycles. The summed E-state index contributed by atoms with van der Waals surface area (Å²) in [5.74, 6) is 7.79. The zero-order valence-corrected chi connectivity index (χ0v) is 39.5. The van der Waals surface area contributed by atoms with Crippen molar-refractivity contribution >= 4 is 23.9 Å². The molecule has 14 nitrogen and oxygen atoms in total. The van der Waals surface area contributed by atoms with Crippen LogP contribution in [0.4, 0.5) is 9.59 Å². The monoisotopic (exact) mass is 936 g/mol. The van der Waals surface area contributed by atoms with Gasteiger partial charge in [-0.05, 0) is 111 Å². The van der Waals surface area contributed by atoms with Gasteiger partial charge in [-0.3, -0.25) is 9.59 Å². The van der Waals surface area contributed by atoms with Crippen LogP contribution in [0.15, 0.2) is 122 Å². The van der Waals surface area contributed by atoms with E-state index in [-0.39, 0.29) is 36.0 Å². The Labute approximate surface area is 409 Å². The molecule has 70 heavy (non-hydrogen) atoms. The quantitative estimate of drug-likeness (QED) is 0.100. The number of aromatic amines is 2. The standard InChI is InChI=1S/C56H60N10O4/c67-53(49(43-15-5-1-6-16-43)61-55(69)63-31-9-3-10-32-63)65-35-13-19-47(65)51-57-37-45(59-51)41-27-23-39(24-28-41)21-22-40-25-29-42(30-26-40)46-38-58-52(60-46)48-20-14-36-66(48)54(68)50(44-17-7-2-8-18-44)62-56(70)64-33-11-4-12-34-64/h1-2,5-8,15-18,23-30,37-38,47-50H,3-4,9-14,19-20,31-36H2,(H,57,59)(H,58,60)(H,61,69)(H,62,70). The Morgan fingerprint density at radius 3 is 1.26 bits per heavy atom. The Balaban J connectivity index is 0.768. The summed E-state index contributed by atoms with van der Waals surface area (Å²) in [7, 11) is 0. The van der Waals surface area contributed by atoms with E-state index in [0.717, 1.165) is 121 Å². The number of carbonyl (C=O) groups is 4. The lowest BCUT2D eigenvalue weighted by Gasteiger charge is -2.32. The maximum Gasteiger partial charge on any atom is 0.318 e. The van der Waals surface area contributed by atoms with Crippen molar-refractivity contribution < 1.29 is 19.2 Å². The first-order valence-corrected chi connectivity index (χ1v) is 25.0. The van der Waals surface area contributed by atoms with E-state index in [4.69, 9.17) is 9.97 Å². The zero-order chi connectivity index (χ0) is 47.8. The third-order valence-corrected chi connectivity index (χ3v) is 14.2. The van der Waals surface area contributed by atoms with E-state index in [0.29, 0.717) is 39.3 Å². The van der Waals surface area contributed by atoms with E-state index in [1.165, 1.54) is 0 Å². The van der Waals surface area contributed by atoms with Crippen molar-refractivity contribution in [2.75, 3.05) is 39.3 Å². The minimum Gasteiger partial charge on any atom is -0.340 e. The molecule has 0 aliphatic carbocycles. The number of hydrogen-bond acceptors (Lipinski definition) is 6. The number of hydrogen-bond donors (Lipinski definition) is 4. The lowest BCUT2D eigenvalue weighted by Crippen LogP contribution is -2.48. The average Bonchev–Trinajstić information content (AvgIpc) is 4.28. The second-order valence-corrected chi connectivity index (χ2v) is 18.8. The van der Waals surface area contributed by atoms with E-state index in [1.54, 1.807) is 0 Å². The summed E-state index contributed by atoms with van der Waals surface area (Å²) >= 11 is 0. The Kier molecular flexibility index (Phi) is 14.0. The van der Waals surface area contributed by atoms with Gasteiger partial charge in [-0.15, -0.1) is 0 Å². The van der Waals surface area contributed by atoms with Crippen molar-refractivity contribution in [1.29, 1.82) is 0 Å². The van der Waals surface area contributed by atoms with Crippen LogP contribution in [0.3, 0.4) is 0 Å². The fraction of sp³-hybridized carbons (Fsp3) is 0.357. The normalized spacial score (nSPS) is 19.0. The molecule has 6 heterocycles. The van der Waals surface area contributed by atoms with Crippen molar-refractivity contribution in [3.05, 3.63) is 155 Å². The second kappa shape index (κ2) is 21.3. The summed E-state index contributed by atoms with van der Waals surface area (Å²) < 4.78 is 0. The molecule has 4 aromatic carbocycles. The van der Waals surface area contributed by atoms with Crippen molar-refractivity contribution in [1.82, 2.24) is 50.2 Å². The molecule has 0 spiro atoms. The first-order chi connectivity index (χ1) is 34.4. The number of benzene rings is 4. The smallest absolute Gasteiger partial charge is 0.318 e. The van der Waals surface area contributed by atoms with Gasteiger partial charge in [0.15, 0.2) is 0 Å². The molecule has 0 saturated carbocycles. The Morgan fingerprint density at radius 1 is 0.486 bits per heavy atom. The summed E-state index contributed by atoms with van der Waals surface area (Å²) in [5.41, 5.74) is 6.89. The van der Waals surface area contributed by atoms with E-state index < -0.39 is 12.1 Å². The van der Waals surface area contributed by atoms with E-state index in [1.807, 2.05) is 141 Å². The third kappa shape index (κ3) is 10.3. The van der Waals surface area contributed by atoms with Gasteiger partial charge in [0, 0.05) is 50.4 Å². The molecular weight excluding hydrogens is 877 g/mol. The van der Waals surface area contributed by atoms with Gasteiger partial charge in [0.25, 0.3) is 0 Å². The number of aromatic nitrogens is 4. The fourth-order valence-corrected chi connectivity index (χ4v) is 10.4. The number of carbonyl (C=O) groups excluding carboxylic acids is 4. The number of nitrogens with zero attached hydrogens (tertiary/aromatic N) is 6. The highest BCUT2D eigenvalue weighted by atomic mass is 16.2. The van der Waals surface area contributed by atoms with Gasteiger partial charge in [0.1, 0.15) is 23.7 Å². The molecule has 4 unspecified atom stereocenters. The Hall–Kier alpha value is -7.66. The number of likely N-dealkylation sites (tertiary alicyclic amines) is 4. The SMILES string of the molecule is O=C(NC(C(=O)N1CCCC1c1ncc(-c2ccc(C#Cc3ccc(-c4cnc(C5CCCN5C(=O)C(NC(=O)N5CCCCC5)c5ccccc5)[nH]4)cc3)cc2)[nH]1)c1ccccc1)N1CCCCC1. The molecule has 4 saturated heterocycles. The minimum atomic E-state index is -0.790. The van der Waals surface area contributed by atoms with Gasteiger partial charge >= 0.3 is 12.1 Å². The number of piperidine rings is 2. The number of H-pyrrole nitrogens is 2. The largest absolute Gasteiger partial charge is 0.340 e. The average molecular weight is 937 g/mol. The molecular formula is C56H60N10O4. The number of imidazole rings is 2. The number of rotatable bonds is 10. The fourth-order valence-electron chi connectivity index (χ4n) is 10.4. The van der Waals surface area contributed by atoms with Gasteiger partial charge in [0.2, 0.25) is 11.8 Å². The molecule has 0 bridgehead atoms. The lowest BCUT2D eigenvalue weighted by molar-refractivity contribution is -0.135. The zero-order valence-electron chi connectivity index (χ0n) is 39.5. The second-order valence-electron chi connectivity index (χ2n) is 18.8. The predicted molar refractivity (Wildman–Crippen MR) is 268 cm³/mol. The summed E-state index contributed by atoms with van der Waals surface area (Å²) in [6.45, 7) is 3.99.